The Morgan fingerprint density at radius 3 is 1.64 bits per heavy atom. The van der Waals surface area contributed by atoms with Crippen LogP contribution in [0, 0.1) is 13.8 Å². The van der Waals surface area contributed by atoms with Crippen LogP contribution in [0.3, 0.4) is 0 Å². The second kappa shape index (κ2) is 6.86. The Labute approximate surface area is 158 Å². The average Bonchev–Trinajstić information content (AvgIpc) is 2.52. The summed E-state index contributed by atoms with van der Waals surface area (Å²) in [6, 6.07) is 6.18. The van der Waals surface area contributed by atoms with Gasteiger partial charge in [-0.2, -0.15) is 35.1 Å². The van der Waals surface area contributed by atoms with Crippen LogP contribution in [-0.4, -0.2) is 18.3 Å². The molecule has 0 radical (unpaired) electrons. The Hall–Kier alpha value is -1.90. The van der Waals surface area contributed by atoms with Gasteiger partial charge in [0.2, 0.25) is 0 Å². The molecule has 0 nitrogen and oxygen atoms in total. The van der Waals surface area contributed by atoms with E-state index in [1.807, 2.05) is 0 Å². The van der Waals surface area contributed by atoms with Gasteiger partial charge >= 0.3 is 23.9 Å². The molecule has 0 N–H and O–H groups in total. The Kier molecular flexibility index (Phi) is 5.49. The van der Waals surface area contributed by atoms with Crippen molar-refractivity contribution in [1.29, 1.82) is 0 Å². The van der Waals surface area contributed by atoms with E-state index in [1.54, 1.807) is 0 Å². The van der Waals surface area contributed by atoms with Crippen molar-refractivity contribution >= 4 is 11.6 Å². The van der Waals surface area contributed by atoms with E-state index in [2.05, 4.69) is 0 Å². The first-order chi connectivity index (χ1) is 12.5. The summed E-state index contributed by atoms with van der Waals surface area (Å²) in [5.41, 5.74) is -8.96. The van der Waals surface area contributed by atoms with Crippen molar-refractivity contribution in [3.8, 4) is 11.1 Å². The molecule has 0 bridgehead atoms. The van der Waals surface area contributed by atoms with Gasteiger partial charge in [0, 0.05) is 10.6 Å². The first-order valence-electron chi connectivity index (χ1n) is 7.62. The van der Waals surface area contributed by atoms with E-state index in [0.717, 1.165) is 19.1 Å². The molecule has 0 fully saturated rings. The molecule has 0 amide bonds. The lowest BCUT2D eigenvalue weighted by atomic mass is 9.80. The Balaban J connectivity index is 2.98. The first kappa shape index (κ1) is 22.4. The molecule has 0 saturated carbocycles. The highest BCUT2D eigenvalue weighted by Gasteiger charge is 2.82. The fraction of sp³-hybridized carbons (Fsp3) is 0.333. The van der Waals surface area contributed by atoms with E-state index >= 15 is 4.39 Å². The van der Waals surface area contributed by atoms with Crippen LogP contribution in [0.1, 0.15) is 16.7 Å². The molecule has 1 atom stereocenters. The number of halogens is 10. The average molecular weight is 435 g/mol. The highest BCUT2D eigenvalue weighted by atomic mass is 35.5. The third-order valence-electron chi connectivity index (χ3n) is 4.16. The molecular formula is C18H12ClF9. The van der Waals surface area contributed by atoms with Gasteiger partial charge < -0.3 is 0 Å². The first-order valence-corrected chi connectivity index (χ1v) is 7.99. The van der Waals surface area contributed by atoms with Gasteiger partial charge in [0.05, 0.1) is 0 Å². The lowest BCUT2D eigenvalue weighted by Crippen LogP contribution is -2.60. The third kappa shape index (κ3) is 3.44. The van der Waals surface area contributed by atoms with Crippen molar-refractivity contribution in [3.63, 3.8) is 0 Å². The van der Waals surface area contributed by atoms with Crippen molar-refractivity contribution in [2.75, 3.05) is 0 Å². The summed E-state index contributed by atoms with van der Waals surface area (Å²) in [6.45, 7) is 2.34. The number of benzene rings is 2. The van der Waals surface area contributed by atoms with Crippen LogP contribution in [0.4, 0.5) is 39.5 Å². The maximum absolute atomic E-state index is 15.1. The molecule has 0 saturated heterocycles. The van der Waals surface area contributed by atoms with Crippen LogP contribution in [0.5, 0.6) is 0 Å². The van der Waals surface area contributed by atoms with Crippen LogP contribution in [-0.2, 0) is 5.67 Å². The van der Waals surface area contributed by atoms with Gasteiger partial charge in [-0.1, -0.05) is 41.4 Å². The molecule has 10 heteroatoms. The van der Waals surface area contributed by atoms with Crippen LogP contribution in [0.25, 0.3) is 11.1 Å². The molecule has 0 aromatic heterocycles. The highest BCUT2D eigenvalue weighted by molar-refractivity contribution is 6.30. The van der Waals surface area contributed by atoms with E-state index < -0.39 is 35.1 Å². The second-order valence-electron chi connectivity index (χ2n) is 6.24. The summed E-state index contributed by atoms with van der Waals surface area (Å²) in [5, 5.41) is 0.137. The van der Waals surface area contributed by atoms with Gasteiger partial charge in [-0.05, 0) is 42.7 Å². The molecule has 0 heterocycles. The molecule has 1 unspecified atom stereocenters. The van der Waals surface area contributed by atoms with Gasteiger partial charge in [0.25, 0.3) is 0 Å². The number of alkyl halides is 9. The van der Waals surface area contributed by atoms with Crippen molar-refractivity contribution in [3.05, 3.63) is 58.1 Å². The predicted octanol–water partition coefficient (Wildman–Crippen LogP) is 7.55. The Morgan fingerprint density at radius 1 is 0.714 bits per heavy atom. The number of hydrogen-bond acceptors (Lipinski definition) is 0. The minimum Gasteiger partial charge on any atom is -0.221 e. The van der Waals surface area contributed by atoms with E-state index in [1.165, 1.54) is 25.1 Å². The topological polar surface area (TPSA) is 0 Å². The van der Waals surface area contributed by atoms with Crippen LogP contribution < -0.4 is 0 Å². The van der Waals surface area contributed by atoms with E-state index in [0.29, 0.717) is 6.07 Å². The van der Waals surface area contributed by atoms with Gasteiger partial charge in [0.1, 0.15) is 0 Å². The van der Waals surface area contributed by atoms with Crippen LogP contribution in [0.2, 0.25) is 5.02 Å². The fourth-order valence-electron chi connectivity index (χ4n) is 2.93. The summed E-state index contributed by atoms with van der Waals surface area (Å²) < 4.78 is 122. The Bertz CT molecular complexity index is 866. The van der Waals surface area contributed by atoms with Crippen LogP contribution >= 0.6 is 11.6 Å². The minimum absolute atomic E-state index is 0.110. The summed E-state index contributed by atoms with van der Waals surface area (Å²) in [6.07, 6.45) is -13.3. The summed E-state index contributed by atoms with van der Waals surface area (Å²) in [5.74, 6) is -6.74. The second-order valence-corrected chi connectivity index (χ2v) is 6.68. The molecule has 0 aliphatic carbocycles. The molecule has 0 aliphatic rings. The van der Waals surface area contributed by atoms with E-state index in [-0.39, 0.29) is 21.7 Å². The monoisotopic (exact) mass is 434 g/mol. The molecule has 0 aliphatic heterocycles. The zero-order chi connectivity index (χ0) is 21.7. The van der Waals surface area contributed by atoms with Crippen LogP contribution in [0.15, 0.2) is 36.4 Å². The summed E-state index contributed by atoms with van der Waals surface area (Å²) in [4.78, 5) is 0. The van der Waals surface area contributed by atoms with E-state index in [9.17, 15) is 35.1 Å². The molecule has 0 spiro atoms. The summed E-state index contributed by atoms with van der Waals surface area (Å²) in [7, 11) is 0. The third-order valence-corrected chi connectivity index (χ3v) is 4.42. The van der Waals surface area contributed by atoms with Gasteiger partial charge in [-0.3, -0.25) is 0 Å². The van der Waals surface area contributed by atoms with Crippen molar-refractivity contribution in [2.45, 2.75) is 37.8 Å². The fourth-order valence-corrected chi connectivity index (χ4v) is 3.06. The zero-order valence-electron chi connectivity index (χ0n) is 14.2. The van der Waals surface area contributed by atoms with Crippen molar-refractivity contribution < 1.29 is 39.5 Å². The zero-order valence-corrected chi connectivity index (χ0v) is 15.0. The maximum Gasteiger partial charge on any atom is 0.457 e. The van der Waals surface area contributed by atoms with Crippen molar-refractivity contribution in [1.82, 2.24) is 0 Å². The predicted molar refractivity (Wildman–Crippen MR) is 86.2 cm³/mol. The number of rotatable bonds is 3. The quantitative estimate of drug-likeness (QED) is 0.437. The van der Waals surface area contributed by atoms with E-state index in [4.69, 9.17) is 11.6 Å². The maximum atomic E-state index is 15.1. The lowest BCUT2D eigenvalue weighted by molar-refractivity contribution is -0.389. The minimum atomic E-state index is -6.79. The molecule has 2 aromatic rings. The Morgan fingerprint density at radius 2 is 1.21 bits per heavy atom. The molecule has 154 valence electrons. The van der Waals surface area contributed by atoms with Gasteiger partial charge in [0.15, 0.2) is 0 Å². The molecule has 2 rings (SSSR count). The molecule has 28 heavy (non-hydrogen) atoms. The molecular weight excluding hydrogens is 423 g/mol. The van der Waals surface area contributed by atoms with Gasteiger partial charge in [-0.15, -0.1) is 0 Å². The molecule has 2 aromatic carbocycles. The summed E-state index contributed by atoms with van der Waals surface area (Å²) >= 11 is 5.68. The number of aryl methyl sites for hydroxylation is 2. The largest absolute Gasteiger partial charge is 0.457 e. The smallest absolute Gasteiger partial charge is 0.221 e. The lowest BCUT2D eigenvalue weighted by Gasteiger charge is -2.37. The highest BCUT2D eigenvalue weighted by Crippen LogP contribution is 2.60. The normalized spacial score (nSPS) is 15.4. The SMILES string of the molecule is Cc1cc(C)c(-c2ccc(Cl)cc2)c(C(F)(C(F)(F)F)C(F)(F)C(F)(F)F)c1. The standard InChI is InChI=1S/C18H12ClF9/c1-9-7-10(2)14(11-3-5-12(19)6-4-11)13(8-9)15(20,17(23,24)25)16(21,22)18(26,27)28/h3-8H,1-2H3. The van der Waals surface area contributed by atoms with Crippen molar-refractivity contribution in [2.24, 2.45) is 0 Å². The van der Waals surface area contributed by atoms with Gasteiger partial charge in [-0.25, -0.2) is 4.39 Å². The number of hydrogen-bond donors (Lipinski definition) is 0.